The van der Waals surface area contributed by atoms with Crippen LogP contribution in [0.3, 0.4) is 0 Å². The van der Waals surface area contributed by atoms with Crippen molar-refractivity contribution in [1.29, 1.82) is 0 Å². The van der Waals surface area contributed by atoms with E-state index in [2.05, 4.69) is 4.98 Å². The van der Waals surface area contributed by atoms with E-state index in [1.807, 2.05) is 0 Å². The lowest BCUT2D eigenvalue weighted by Gasteiger charge is -2.30. The summed E-state index contributed by atoms with van der Waals surface area (Å²) < 4.78 is 13.5. The molecule has 0 aliphatic carbocycles. The van der Waals surface area contributed by atoms with Gasteiger partial charge in [0.2, 0.25) is 5.56 Å². The number of nitrogens with zero attached hydrogens (tertiary/aromatic N) is 1. The molecule has 2 heterocycles. The second-order valence-electron chi connectivity index (χ2n) is 5.64. The molecule has 0 saturated carbocycles. The highest BCUT2D eigenvalue weighted by atomic mass is 19.1. The zero-order chi connectivity index (χ0) is 16.6. The van der Waals surface area contributed by atoms with Gasteiger partial charge in [-0.1, -0.05) is 0 Å². The van der Waals surface area contributed by atoms with Crippen LogP contribution >= 0.6 is 0 Å². The number of hydrogen-bond acceptors (Lipinski definition) is 3. The Bertz CT molecular complexity index is 838. The van der Waals surface area contributed by atoms with E-state index in [9.17, 15) is 18.8 Å². The van der Waals surface area contributed by atoms with Gasteiger partial charge >= 0.3 is 5.97 Å². The summed E-state index contributed by atoms with van der Waals surface area (Å²) in [7, 11) is 0. The Morgan fingerprint density at radius 2 is 1.91 bits per heavy atom. The smallest absolute Gasteiger partial charge is 0.306 e. The molecule has 6 nitrogen and oxygen atoms in total. The number of nitrogens with one attached hydrogen (secondary N) is 1. The molecule has 1 saturated heterocycles. The number of pyridine rings is 1. The SMILES string of the molecule is O=C(O)C1CCN(C(=O)c2cc(=O)[nH]c3ccc(F)cc23)CC1. The molecular weight excluding hydrogens is 303 g/mol. The van der Waals surface area contributed by atoms with E-state index in [0.29, 0.717) is 36.8 Å². The maximum atomic E-state index is 13.5. The van der Waals surface area contributed by atoms with Crippen molar-refractivity contribution in [1.82, 2.24) is 9.88 Å². The number of H-pyrrole nitrogens is 1. The summed E-state index contributed by atoms with van der Waals surface area (Å²) in [4.78, 5) is 39.4. The quantitative estimate of drug-likeness (QED) is 0.880. The molecule has 1 amide bonds. The molecule has 1 aliphatic heterocycles. The van der Waals surface area contributed by atoms with Crippen LogP contribution in [0.15, 0.2) is 29.1 Å². The number of aromatic nitrogens is 1. The van der Waals surface area contributed by atoms with Gasteiger partial charge in [-0.2, -0.15) is 0 Å². The Morgan fingerprint density at radius 1 is 1.22 bits per heavy atom. The summed E-state index contributed by atoms with van der Waals surface area (Å²) >= 11 is 0. The number of carbonyl (C=O) groups excluding carboxylic acids is 1. The summed E-state index contributed by atoms with van der Waals surface area (Å²) in [5.41, 5.74) is 0.0903. The van der Waals surface area contributed by atoms with Crippen LogP contribution in [0.1, 0.15) is 23.2 Å². The predicted molar refractivity (Wildman–Crippen MR) is 80.8 cm³/mol. The molecule has 0 bridgehead atoms. The van der Waals surface area contributed by atoms with Crippen molar-refractivity contribution < 1.29 is 19.1 Å². The Morgan fingerprint density at radius 3 is 2.57 bits per heavy atom. The molecule has 7 heteroatoms. The first-order chi connectivity index (χ1) is 11.0. The Balaban J connectivity index is 1.94. The minimum atomic E-state index is -0.860. The fourth-order valence-electron chi connectivity index (χ4n) is 2.90. The second-order valence-corrected chi connectivity index (χ2v) is 5.64. The number of carboxylic acids is 1. The number of carbonyl (C=O) groups is 2. The number of rotatable bonds is 2. The van der Waals surface area contributed by atoms with Gasteiger partial charge in [-0.3, -0.25) is 14.4 Å². The number of benzene rings is 1. The lowest BCUT2D eigenvalue weighted by molar-refractivity contribution is -0.143. The van der Waals surface area contributed by atoms with E-state index in [-0.39, 0.29) is 11.5 Å². The molecule has 0 radical (unpaired) electrons. The van der Waals surface area contributed by atoms with E-state index in [1.54, 1.807) is 0 Å². The molecule has 120 valence electrons. The topological polar surface area (TPSA) is 90.5 Å². The first-order valence-electron chi connectivity index (χ1n) is 7.30. The lowest BCUT2D eigenvalue weighted by Crippen LogP contribution is -2.40. The monoisotopic (exact) mass is 318 g/mol. The Labute approximate surface area is 130 Å². The molecule has 1 aromatic heterocycles. The highest BCUT2D eigenvalue weighted by molar-refractivity contribution is 6.06. The third-order valence-corrected chi connectivity index (χ3v) is 4.17. The van der Waals surface area contributed by atoms with Gasteiger partial charge in [-0.25, -0.2) is 4.39 Å². The highest BCUT2D eigenvalue weighted by Crippen LogP contribution is 2.22. The van der Waals surface area contributed by atoms with Gasteiger partial charge in [0.1, 0.15) is 5.82 Å². The van der Waals surface area contributed by atoms with Crippen molar-refractivity contribution in [2.24, 2.45) is 5.92 Å². The van der Waals surface area contributed by atoms with Crippen LogP contribution in [-0.4, -0.2) is 40.0 Å². The van der Waals surface area contributed by atoms with Crippen LogP contribution in [0.2, 0.25) is 0 Å². The zero-order valence-corrected chi connectivity index (χ0v) is 12.2. The van der Waals surface area contributed by atoms with Gasteiger partial charge in [0, 0.05) is 30.1 Å². The minimum absolute atomic E-state index is 0.136. The number of aliphatic carboxylic acids is 1. The molecule has 0 atom stereocenters. The number of hydrogen-bond donors (Lipinski definition) is 2. The molecule has 0 spiro atoms. The van der Waals surface area contributed by atoms with Crippen molar-refractivity contribution in [2.75, 3.05) is 13.1 Å². The van der Waals surface area contributed by atoms with E-state index in [1.165, 1.54) is 23.1 Å². The van der Waals surface area contributed by atoms with Crippen LogP contribution in [0.5, 0.6) is 0 Å². The Hall–Kier alpha value is -2.70. The van der Waals surface area contributed by atoms with Gasteiger partial charge in [-0.15, -0.1) is 0 Å². The van der Waals surface area contributed by atoms with Gasteiger partial charge in [0.15, 0.2) is 0 Å². The number of amides is 1. The summed E-state index contributed by atoms with van der Waals surface area (Å²) in [6.45, 7) is 0.610. The summed E-state index contributed by atoms with van der Waals surface area (Å²) in [6.07, 6.45) is 0.743. The molecule has 0 unspecified atom stereocenters. The molecule has 2 N–H and O–H groups in total. The van der Waals surface area contributed by atoms with Gasteiger partial charge in [0.25, 0.3) is 5.91 Å². The number of carboxylic acid groups (broad SMARTS) is 1. The lowest BCUT2D eigenvalue weighted by atomic mass is 9.96. The van der Waals surface area contributed by atoms with Crippen molar-refractivity contribution in [2.45, 2.75) is 12.8 Å². The van der Waals surface area contributed by atoms with Crippen molar-refractivity contribution in [3.8, 4) is 0 Å². The fraction of sp³-hybridized carbons (Fsp3) is 0.312. The van der Waals surface area contributed by atoms with E-state index < -0.39 is 23.3 Å². The maximum Gasteiger partial charge on any atom is 0.306 e. The summed E-state index contributed by atoms with van der Waals surface area (Å²) in [5.74, 6) is -2.19. The predicted octanol–water partition coefficient (Wildman–Crippen LogP) is 1.60. The molecular formula is C16H15FN2O4. The first kappa shape index (κ1) is 15.2. The number of piperidine rings is 1. The molecule has 2 aromatic rings. The number of halogens is 1. The van der Waals surface area contributed by atoms with Gasteiger partial charge < -0.3 is 15.0 Å². The molecule has 3 rings (SSSR count). The average molecular weight is 318 g/mol. The molecule has 1 aromatic carbocycles. The number of aromatic amines is 1. The summed E-state index contributed by atoms with van der Waals surface area (Å²) in [6, 6.07) is 5.00. The van der Waals surface area contributed by atoms with Crippen LogP contribution in [0.25, 0.3) is 10.9 Å². The van der Waals surface area contributed by atoms with E-state index in [0.717, 1.165) is 6.07 Å². The second kappa shape index (κ2) is 5.83. The molecule has 23 heavy (non-hydrogen) atoms. The van der Waals surface area contributed by atoms with Gasteiger partial charge in [0.05, 0.1) is 11.5 Å². The Kier molecular flexibility index (Phi) is 3.85. The highest BCUT2D eigenvalue weighted by Gasteiger charge is 2.28. The van der Waals surface area contributed by atoms with Crippen molar-refractivity contribution in [3.63, 3.8) is 0 Å². The van der Waals surface area contributed by atoms with Crippen LogP contribution in [0.4, 0.5) is 4.39 Å². The van der Waals surface area contributed by atoms with Gasteiger partial charge in [-0.05, 0) is 31.0 Å². The van der Waals surface area contributed by atoms with Crippen LogP contribution in [0, 0.1) is 11.7 Å². The van der Waals surface area contributed by atoms with E-state index >= 15 is 0 Å². The summed E-state index contributed by atoms with van der Waals surface area (Å²) in [5, 5.41) is 9.34. The first-order valence-corrected chi connectivity index (χ1v) is 7.30. The average Bonchev–Trinajstić information content (AvgIpc) is 2.54. The van der Waals surface area contributed by atoms with Crippen molar-refractivity contribution >= 4 is 22.8 Å². The normalized spacial score (nSPS) is 15.8. The van der Waals surface area contributed by atoms with Crippen LogP contribution < -0.4 is 5.56 Å². The third-order valence-electron chi connectivity index (χ3n) is 4.17. The van der Waals surface area contributed by atoms with E-state index in [4.69, 9.17) is 5.11 Å². The fourth-order valence-corrected chi connectivity index (χ4v) is 2.90. The number of likely N-dealkylation sites (tertiary alicyclic amines) is 1. The maximum absolute atomic E-state index is 13.5. The number of fused-ring (bicyclic) bond motifs is 1. The largest absolute Gasteiger partial charge is 0.481 e. The molecule has 1 fully saturated rings. The zero-order valence-electron chi connectivity index (χ0n) is 12.2. The van der Waals surface area contributed by atoms with Crippen LogP contribution in [-0.2, 0) is 4.79 Å². The minimum Gasteiger partial charge on any atom is -0.481 e. The standard InChI is InChI=1S/C16H15FN2O4/c17-10-1-2-13-11(7-10)12(8-14(20)18-13)15(21)19-5-3-9(4-6-19)16(22)23/h1-2,7-9H,3-6H2,(H,18,20)(H,22,23). The van der Waals surface area contributed by atoms with Crippen molar-refractivity contribution in [3.05, 3.63) is 46.0 Å². The third kappa shape index (κ3) is 2.94. The molecule has 1 aliphatic rings.